The zero-order valence-corrected chi connectivity index (χ0v) is 11.5. The molecule has 0 fully saturated rings. The molecule has 18 heavy (non-hydrogen) atoms. The maximum atomic E-state index is 11.4. The van der Waals surface area contributed by atoms with Crippen molar-refractivity contribution in [2.24, 2.45) is 5.92 Å². The number of anilines is 1. The fourth-order valence-electron chi connectivity index (χ4n) is 1.99. The van der Waals surface area contributed by atoms with Crippen LogP contribution in [-0.4, -0.2) is 22.6 Å². The van der Waals surface area contributed by atoms with Gasteiger partial charge in [0.1, 0.15) is 5.82 Å². The van der Waals surface area contributed by atoms with Crippen LogP contribution in [0, 0.1) is 5.92 Å². The summed E-state index contributed by atoms with van der Waals surface area (Å²) in [5, 5.41) is 0. The van der Waals surface area contributed by atoms with Crippen molar-refractivity contribution in [3.8, 4) is 0 Å². The zero-order valence-electron chi connectivity index (χ0n) is 11.5. The number of hydrogen-bond acceptors (Lipinski definition) is 4. The molecule has 0 saturated carbocycles. The van der Waals surface area contributed by atoms with Gasteiger partial charge in [-0.15, -0.1) is 0 Å². The molecule has 0 bridgehead atoms. The van der Waals surface area contributed by atoms with Crippen LogP contribution in [0.4, 0.5) is 5.82 Å². The standard InChI is InChI=1S/C13H23N3O2/c1-4-6-7-10(5-2)8-16-9-15-11(12(16)14)13(17)18-3/h9-10H,4-8,14H2,1-3H3. The van der Waals surface area contributed by atoms with Crippen LogP contribution in [0.15, 0.2) is 6.33 Å². The molecule has 0 aromatic carbocycles. The molecule has 1 unspecified atom stereocenters. The molecule has 0 aliphatic heterocycles. The van der Waals surface area contributed by atoms with E-state index in [2.05, 4.69) is 23.6 Å². The Morgan fingerprint density at radius 2 is 2.28 bits per heavy atom. The first-order valence-electron chi connectivity index (χ1n) is 6.52. The van der Waals surface area contributed by atoms with Crippen molar-refractivity contribution in [2.75, 3.05) is 12.8 Å². The minimum Gasteiger partial charge on any atom is -0.464 e. The Bertz CT molecular complexity index is 388. The minimum atomic E-state index is -0.479. The number of aromatic nitrogens is 2. The Morgan fingerprint density at radius 3 is 2.83 bits per heavy atom. The van der Waals surface area contributed by atoms with Gasteiger partial charge < -0.3 is 15.0 Å². The van der Waals surface area contributed by atoms with E-state index in [1.54, 1.807) is 6.33 Å². The Morgan fingerprint density at radius 1 is 1.56 bits per heavy atom. The molecule has 0 radical (unpaired) electrons. The number of esters is 1. The highest BCUT2D eigenvalue weighted by atomic mass is 16.5. The molecule has 1 aromatic heterocycles. The molecular formula is C13H23N3O2. The predicted molar refractivity (Wildman–Crippen MR) is 71.3 cm³/mol. The van der Waals surface area contributed by atoms with Gasteiger partial charge >= 0.3 is 5.97 Å². The van der Waals surface area contributed by atoms with Gasteiger partial charge in [-0.1, -0.05) is 33.1 Å². The van der Waals surface area contributed by atoms with Crippen molar-refractivity contribution in [1.82, 2.24) is 9.55 Å². The summed E-state index contributed by atoms with van der Waals surface area (Å²) in [6.07, 6.45) is 6.32. The predicted octanol–water partition coefficient (Wildman–Crippen LogP) is 2.47. The normalized spacial score (nSPS) is 12.4. The molecule has 5 nitrogen and oxygen atoms in total. The van der Waals surface area contributed by atoms with E-state index in [-0.39, 0.29) is 5.69 Å². The highest BCUT2D eigenvalue weighted by molar-refractivity contribution is 5.91. The van der Waals surface area contributed by atoms with Crippen molar-refractivity contribution < 1.29 is 9.53 Å². The van der Waals surface area contributed by atoms with Gasteiger partial charge in [-0.05, 0) is 12.3 Å². The third-order valence-electron chi connectivity index (χ3n) is 3.26. The second-order valence-corrected chi connectivity index (χ2v) is 4.54. The highest BCUT2D eigenvalue weighted by Gasteiger charge is 2.17. The van der Waals surface area contributed by atoms with Crippen LogP contribution in [0.25, 0.3) is 0 Å². The van der Waals surface area contributed by atoms with E-state index in [1.807, 2.05) is 4.57 Å². The van der Waals surface area contributed by atoms with Crippen LogP contribution >= 0.6 is 0 Å². The lowest BCUT2D eigenvalue weighted by Crippen LogP contribution is -2.13. The summed E-state index contributed by atoms with van der Waals surface area (Å²) < 4.78 is 6.48. The molecule has 1 aromatic rings. The molecule has 0 amide bonds. The molecule has 5 heteroatoms. The van der Waals surface area contributed by atoms with Gasteiger partial charge in [-0.2, -0.15) is 0 Å². The molecule has 102 valence electrons. The Labute approximate surface area is 108 Å². The van der Waals surface area contributed by atoms with E-state index in [0.29, 0.717) is 11.7 Å². The van der Waals surface area contributed by atoms with Crippen LogP contribution < -0.4 is 5.73 Å². The Balaban J connectivity index is 2.72. The molecule has 0 spiro atoms. The van der Waals surface area contributed by atoms with Gasteiger partial charge in [0, 0.05) is 6.54 Å². The quantitative estimate of drug-likeness (QED) is 0.758. The molecule has 1 heterocycles. The average molecular weight is 253 g/mol. The molecule has 0 saturated heterocycles. The van der Waals surface area contributed by atoms with Crippen LogP contribution in [0.2, 0.25) is 0 Å². The smallest absolute Gasteiger partial charge is 0.360 e. The number of nitrogens with two attached hydrogens (primary N) is 1. The first-order chi connectivity index (χ1) is 8.63. The number of imidazole rings is 1. The number of ether oxygens (including phenoxy) is 1. The third kappa shape index (κ3) is 3.48. The van der Waals surface area contributed by atoms with Crippen LogP contribution in [0.5, 0.6) is 0 Å². The fraction of sp³-hybridized carbons (Fsp3) is 0.692. The van der Waals surface area contributed by atoms with E-state index < -0.39 is 5.97 Å². The first-order valence-corrected chi connectivity index (χ1v) is 6.52. The number of nitrogens with zero attached hydrogens (tertiary/aromatic N) is 2. The summed E-state index contributed by atoms with van der Waals surface area (Å²) in [7, 11) is 1.33. The SMILES string of the molecule is CCCCC(CC)Cn1cnc(C(=O)OC)c1N. The lowest BCUT2D eigenvalue weighted by atomic mass is 9.99. The molecule has 1 rings (SSSR count). The minimum absolute atomic E-state index is 0.211. The van der Waals surface area contributed by atoms with Gasteiger partial charge in [-0.3, -0.25) is 0 Å². The number of unbranched alkanes of at least 4 members (excludes halogenated alkanes) is 1. The van der Waals surface area contributed by atoms with E-state index in [0.717, 1.165) is 13.0 Å². The van der Waals surface area contributed by atoms with E-state index >= 15 is 0 Å². The molecule has 1 atom stereocenters. The summed E-state index contributed by atoms with van der Waals surface area (Å²) in [4.78, 5) is 15.4. The molecule has 0 aliphatic rings. The second kappa shape index (κ2) is 7.03. The monoisotopic (exact) mass is 253 g/mol. The van der Waals surface area contributed by atoms with Crippen molar-refractivity contribution in [3.05, 3.63) is 12.0 Å². The average Bonchev–Trinajstić information content (AvgIpc) is 2.75. The number of methoxy groups -OCH3 is 1. The molecule has 0 aliphatic carbocycles. The van der Waals surface area contributed by atoms with Crippen LogP contribution in [0.3, 0.4) is 0 Å². The summed E-state index contributed by atoms with van der Waals surface area (Å²) in [6, 6.07) is 0. The van der Waals surface area contributed by atoms with Crippen molar-refractivity contribution in [1.29, 1.82) is 0 Å². The Kier molecular flexibility index (Phi) is 5.68. The van der Waals surface area contributed by atoms with Crippen LogP contribution in [-0.2, 0) is 11.3 Å². The number of rotatable bonds is 7. The second-order valence-electron chi connectivity index (χ2n) is 4.54. The fourth-order valence-corrected chi connectivity index (χ4v) is 1.99. The maximum Gasteiger partial charge on any atom is 0.360 e. The number of carbonyl (C=O) groups is 1. The zero-order chi connectivity index (χ0) is 13.5. The Hall–Kier alpha value is -1.52. The highest BCUT2D eigenvalue weighted by Crippen LogP contribution is 2.19. The third-order valence-corrected chi connectivity index (χ3v) is 3.26. The van der Waals surface area contributed by atoms with Gasteiger partial charge in [0.25, 0.3) is 0 Å². The van der Waals surface area contributed by atoms with Crippen molar-refractivity contribution >= 4 is 11.8 Å². The topological polar surface area (TPSA) is 70.1 Å². The van der Waals surface area contributed by atoms with Gasteiger partial charge in [0.15, 0.2) is 5.69 Å². The largest absolute Gasteiger partial charge is 0.464 e. The number of nitrogen functional groups attached to an aromatic ring is 1. The van der Waals surface area contributed by atoms with Crippen molar-refractivity contribution in [2.45, 2.75) is 46.1 Å². The first kappa shape index (κ1) is 14.5. The lowest BCUT2D eigenvalue weighted by molar-refractivity contribution is 0.0596. The summed E-state index contributed by atoms with van der Waals surface area (Å²) in [5.41, 5.74) is 6.12. The summed E-state index contributed by atoms with van der Waals surface area (Å²) in [5.74, 6) is 0.497. The van der Waals surface area contributed by atoms with E-state index in [4.69, 9.17) is 5.73 Å². The lowest BCUT2D eigenvalue weighted by Gasteiger charge is -2.15. The summed E-state index contributed by atoms with van der Waals surface area (Å²) in [6.45, 7) is 5.18. The molecular weight excluding hydrogens is 230 g/mol. The van der Waals surface area contributed by atoms with Gasteiger partial charge in [0.2, 0.25) is 0 Å². The van der Waals surface area contributed by atoms with E-state index in [9.17, 15) is 4.79 Å². The van der Waals surface area contributed by atoms with Crippen LogP contribution in [0.1, 0.15) is 50.0 Å². The summed E-state index contributed by atoms with van der Waals surface area (Å²) >= 11 is 0. The van der Waals surface area contributed by atoms with Gasteiger partial charge in [-0.25, -0.2) is 9.78 Å². The number of carbonyl (C=O) groups excluding carboxylic acids is 1. The van der Waals surface area contributed by atoms with Crippen molar-refractivity contribution in [3.63, 3.8) is 0 Å². The van der Waals surface area contributed by atoms with E-state index in [1.165, 1.54) is 26.4 Å². The van der Waals surface area contributed by atoms with Gasteiger partial charge in [0.05, 0.1) is 13.4 Å². The number of hydrogen-bond donors (Lipinski definition) is 1. The maximum absolute atomic E-state index is 11.4. The molecule has 2 N–H and O–H groups in total.